The molecule has 0 unspecified atom stereocenters. The first-order valence-corrected chi connectivity index (χ1v) is 7.63. The zero-order chi connectivity index (χ0) is 14.4. The van der Waals surface area contributed by atoms with Gasteiger partial charge in [0, 0.05) is 18.3 Å². The monoisotopic (exact) mass is 292 g/mol. The number of hydrogen-bond acceptors (Lipinski definition) is 5. The van der Waals surface area contributed by atoms with Crippen molar-refractivity contribution in [3.63, 3.8) is 0 Å². The predicted octanol–water partition coefficient (Wildman–Crippen LogP) is 3.90. The molecule has 0 saturated carbocycles. The van der Waals surface area contributed by atoms with Gasteiger partial charge in [0.15, 0.2) is 5.16 Å². The van der Waals surface area contributed by atoms with Crippen LogP contribution in [0.15, 0.2) is 35.5 Å². The number of anilines is 3. The maximum Gasteiger partial charge on any atom is 0.191 e. The second-order valence-electron chi connectivity index (χ2n) is 4.18. The van der Waals surface area contributed by atoms with Crippen LogP contribution in [0.3, 0.4) is 0 Å². The van der Waals surface area contributed by atoms with Crippen LogP contribution in [-0.2, 0) is 0 Å². The van der Waals surface area contributed by atoms with E-state index >= 15 is 0 Å². The number of nitrogens with zero attached hydrogens (tertiary/aromatic N) is 2. The largest absolute Gasteiger partial charge is 0.370 e. The van der Waals surface area contributed by atoms with Crippen LogP contribution in [0, 0.1) is 5.82 Å². The lowest BCUT2D eigenvalue weighted by Gasteiger charge is -2.10. The van der Waals surface area contributed by atoms with Crippen molar-refractivity contribution in [1.82, 2.24) is 9.97 Å². The van der Waals surface area contributed by atoms with Crippen LogP contribution in [0.2, 0.25) is 0 Å². The van der Waals surface area contributed by atoms with Crippen molar-refractivity contribution in [2.45, 2.75) is 18.5 Å². The molecule has 2 N–H and O–H groups in total. The third kappa shape index (κ3) is 4.09. The Morgan fingerprint density at radius 1 is 1.15 bits per heavy atom. The first-order valence-electron chi connectivity index (χ1n) is 6.41. The van der Waals surface area contributed by atoms with Gasteiger partial charge in [0.1, 0.15) is 17.5 Å². The molecule has 1 aromatic carbocycles. The van der Waals surface area contributed by atoms with Gasteiger partial charge in [-0.3, -0.25) is 0 Å². The highest BCUT2D eigenvalue weighted by molar-refractivity contribution is 7.98. The molecular weight excluding hydrogens is 275 g/mol. The molecule has 0 aliphatic carbocycles. The van der Waals surface area contributed by atoms with Crippen LogP contribution in [0.25, 0.3) is 0 Å². The van der Waals surface area contributed by atoms with E-state index < -0.39 is 0 Å². The number of hydrogen-bond donors (Lipinski definition) is 2. The highest BCUT2D eigenvalue weighted by atomic mass is 32.2. The third-order valence-electron chi connectivity index (χ3n) is 2.56. The van der Waals surface area contributed by atoms with Crippen molar-refractivity contribution in [2.24, 2.45) is 0 Å². The Hall–Kier alpha value is -1.82. The lowest BCUT2D eigenvalue weighted by Crippen LogP contribution is -2.05. The molecule has 0 bridgehead atoms. The smallest absolute Gasteiger partial charge is 0.191 e. The summed E-state index contributed by atoms with van der Waals surface area (Å²) in [6, 6.07) is 8.02. The van der Waals surface area contributed by atoms with E-state index in [9.17, 15) is 4.39 Å². The van der Waals surface area contributed by atoms with Gasteiger partial charge in [-0.2, -0.15) is 0 Å². The van der Waals surface area contributed by atoms with Gasteiger partial charge in [0.05, 0.1) is 0 Å². The Kier molecular flexibility index (Phi) is 5.17. The zero-order valence-corrected chi connectivity index (χ0v) is 12.3. The summed E-state index contributed by atoms with van der Waals surface area (Å²) in [5.74, 6) is 1.22. The van der Waals surface area contributed by atoms with E-state index in [0.29, 0.717) is 11.0 Å². The minimum Gasteiger partial charge on any atom is -0.370 e. The van der Waals surface area contributed by atoms with E-state index in [1.807, 2.05) is 12.3 Å². The summed E-state index contributed by atoms with van der Waals surface area (Å²) in [5, 5.41) is 7.08. The van der Waals surface area contributed by atoms with Crippen molar-refractivity contribution in [2.75, 3.05) is 23.4 Å². The summed E-state index contributed by atoms with van der Waals surface area (Å²) < 4.78 is 12.9. The standard InChI is InChI=1S/C14H17FN4S/c1-3-8-16-12-9-13(19-14(18-12)20-2)17-11-6-4-10(15)5-7-11/h4-7,9H,3,8H2,1-2H3,(H2,16,17,18,19). The normalized spacial score (nSPS) is 10.3. The number of rotatable bonds is 6. The highest BCUT2D eigenvalue weighted by Crippen LogP contribution is 2.21. The van der Waals surface area contributed by atoms with Gasteiger partial charge in [-0.05, 0) is 36.9 Å². The van der Waals surface area contributed by atoms with Crippen molar-refractivity contribution in [3.8, 4) is 0 Å². The average molecular weight is 292 g/mol. The van der Waals surface area contributed by atoms with Gasteiger partial charge in [-0.1, -0.05) is 18.7 Å². The minimum atomic E-state index is -0.256. The lowest BCUT2D eigenvalue weighted by atomic mass is 10.3. The minimum absolute atomic E-state index is 0.256. The van der Waals surface area contributed by atoms with Gasteiger partial charge in [-0.25, -0.2) is 14.4 Å². The van der Waals surface area contributed by atoms with Crippen LogP contribution in [-0.4, -0.2) is 22.8 Å². The van der Waals surface area contributed by atoms with Gasteiger partial charge in [0.25, 0.3) is 0 Å². The molecule has 2 rings (SSSR count). The van der Waals surface area contributed by atoms with Crippen LogP contribution >= 0.6 is 11.8 Å². The van der Waals surface area contributed by atoms with E-state index in [0.717, 1.165) is 24.5 Å². The van der Waals surface area contributed by atoms with Crippen LogP contribution in [0.5, 0.6) is 0 Å². The Labute approximate surface area is 122 Å². The predicted molar refractivity (Wildman–Crippen MR) is 82.3 cm³/mol. The summed E-state index contributed by atoms with van der Waals surface area (Å²) >= 11 is 1.48. The van der Waals surface area contributed by atoms with Gasteiger partial charge in [-0.15, -0.1) is 0 Å². The molecule has 6 heteroatoms. The molecule has 0 fully saturated rings. The van der Waals surface area contributed by atoms with E-state index in [1.165, 1.54) is 23.9 Å². The van der Waals surface area contributed by atoms with E-state index in [4.69, 9.17) is 0 Å². The third-order valence-corrected chi connectivity index (χ3v) is 3.11. The molecule has 0 spiro atoms. The number of benzene rings is 1. The molecule has 0 amide bonds. The summed E-state index contributed by atoms with van der Waals surface area (Å²) in [6.45, 7) is 2.96. The molecule has 0 aliphatic rings. The second kappa shape index (κ2) is 7.09. The SMILES string of the molecule is CCCNc1cc(Nc2ccc(F)cc2)nc(SC)n1. The summed E-state index contributed by atoms with van der Waals surface area (Å²) in [5.41, 5.74) is 0.790. The average Bonchev–Trinajstić information content (AvgIpc) is 2.47. The van der Waals surface area contributed by atoms with Crippen molar-refractivity contribution < 1.29 is 4.39 Å². The molecule has 106 valence electrons. The van der Waals surface area contributed by atoms with Crippen LogP contribution < -0.4 is 10.6 Å². The molecule has 1 heterocycles. The molecular formula is C14H17FN4S. The lowest BCUT2D eigenvalue weighted by molar-refractivity contribution is 0.628. The van der Waals surface area contributed by atoms with Gasteiger partial charge >= 0.3 is 0 Å². The van der Waals surface area contributed by atoms with Crippen LogP contribution in [0.1, 0.15) is 13.3 Å². The van der Waals surface area contributed by atoms with E-state index in [1.54, 1.807) is 12.1 Å². The number of nitrogens with one attached hydrogen (secondary N) is 2. The highest BCUT2D eigenvalue weighted by Gasteiger charge is 2.04. The summed E-state index contributed by atoms with van der Waals surface area (Å²) in [4.78, 5) is 8.77. The molecule has 2 aromatic rings. The maximum atomic E-state index is 12.9. The number of thioether (sulfide) groups is 1. The number of aromatic nitrogens is 2. The molecule has 20 heavy (non-hydrogen) atoms. The topological polar surface area (TPSA) is 49.8 Å². The summed E-state index contributed by atoms with van der Waals surface area (Å²) in [7, 11) is 0. The first kappa shape index (κ1) is 14.6. The zero-order valence-electron chi connectivity index (χ0n) is 11.5. The molecule has 0 saturated heterocycles. The van der Waals surface area contributed by atoms with Crippen molar-refractivity contribution in [3.05, 3.63) is 36.1 Å². The fourth-order valence-corrected chi connectivity index (χ4v) is 1.98. The van der Waals surface area contributed by atoms with Gasteiger partial charge in [0.2, 0.25) is 0 Å². The molecule has 0 radical (unpaired) electrons. The Morgan fingerprint density at radius 2 is 1.85 bits per heavy atom. The number of halogens is 1. The molecule has 4 nitrogen and oxygen atoms in total. The second-order valence-corrected chi connectivity index (χ2v) is 4.96. The Bertz CT molecular complexity index is 560. The molecule has 0 atom stereocenters. The van der Waals surface area contributed by atoms with E-state index in [-0.39, 0.29) is 5.82 Å². The van der Waals surface area contributed by atoms with Crippen molar-refractivity contribution >= 4 is 29.1 Å². The molecule has 1 aromatic heterocycles. The maximum absolute atomic E-state index is 12.9. The van der Waals surface area contributed by atoms with Gasteiger partial charge < -0.3 is 10.6 Å². The van der Waals surface area contributed by atoms with Crippen molar-refractivity contribution in [1.29, 1.82) is 0 Å². The Morgan fingerprint density at radius 3 is 2.50 bits per heavy atom. The Balaban J connectivity index is 2.19. The fourth-order valence-electron chi connectivity index (χ4n) is 1.61. The summed E-state index contributed by atoms with van der Waals surface area (Å²) in [6.07, 6.45) is 2.96. The van der Waals surface area contributed by atoms with Crippen LogP contribution in [0.4, 0.5) is 21.7 Å². The first-order chi connectivity index (χ1) is 9.71. The molecule has 0 aliphatic heterocycles. The van der Waals surface area contributed by atoms with E-state index in [2.05, 4.69) is 27.5 Å². The quantitative estimate of drug-likeness (QED) is 0.624. The fraction of sp³-hybridized carbons (Fsp3) is 0.286.